The van der Waals surface area contributed by atoms with Gasteiger partial charge in [-0.15, -0.1) is 0 Å². The first kappa shape index (κ1) is 11.9. The molecule has 1 heterocycles. The second-order valence-corrected chi connectivity index (χ2v) is 5.95. The van der Waals surface area contributed by atoms with Gasteiger partial charge in [0.15, 0.2) is 0 Å². The molecule has 0 saturated carbocycles. The van der Waals surface area contributed by atoms with Crippen LogP contribution in [0.4, 0.5) is 0 Å². The van der Waals surface area contributed by atoms with Gasteiger partial charge in [-0.3, -0.25) is 13.9 Å². The van der Waals surface area contributed by atoms with E-state index in [1.807, 2.05) is 6.92 Å². The average Bonchev–Trinajstić information content (AvgIpc) is 2.09. The van der Waals surface area contributed by atoms with Gasteiger partial charge in [0.25, 0.3) is 0 Å². The summed E-state index contributed by atoms with van der Waals surface area (Å²) in [4.78, 5) is 13.4. The summed E-state index contributed by atoms with van der Waals surface area (Å²) in [5, 5.41) is 0.200. The summed E-state index contributed by atoms with van der Waals surface area (Å²) < 4.78 is 11.2. The van der Waals surface area contributed by atoms with Crippen molar-refractivity contribution in [1.29, 1.82) is 0 Å². The van der Waals surface area contributed by atoms with Crippen LogP contribution < -0.4 is 0 Å². The van der Waals surface area contributed by atoms with E-state index in [4.69, 9.17) is 0 Å². The van der Waals surface area contributed by atoms with Gasteiger partial charge in [-0.25, -0.2) is 0 Å². The van der Waals surface area contributed by atoms with Gasteiger partial charge in [0.2, 0.25) is 0 Å². The number of hydrogen-bond acceptors (Lipinski definition) is 3. The van der Waals surface area contributed by atoms with E-state index in [1.165, 1.54) is 0 Å². The Morgan fingerprint density at radius 1 is 1.64 bits per heavy atom. The molecular formula is C10H19NO2S. The quantitative estimate of drug-likeness (QED) is 0.702. The predicted molar refractivity (Wildman–Crippen MR) is 58.8 cm³/mol. The topological polar surface area (TPSA) is 37.4 Å². The van der Waals surface area contributed by atoms with Crippen molar-refractivity contribution in [3.05, 3.63) is 0 Å². The molecule has 1 aliphatic heterocycles. The van der Waals surface area contributed by atoms with Gasteiger partial charge in [-0.1, -0.05) is 0 Å². The Balaban J connectivity index is 2.45. The SMILES string of the molecule is CC1CC(=O)CCN1CC(C)S(C)=O. The molecule has 1 rings (SSSR count). The molecule has 1 saturated heterocycles. The first-order valence-electron chi connectivity index (χ1n) is 5.08. The fraction of sp³-hybridized carbons (Fsp3) is 0.900. The summed E-state index contributed by atoms with van der Waals surface area (Å²) >= 11 is 0. The molecule has 14 heavy (non-hydrogen) atoms. The maximum atomic E-state index is 11.2. The Kier molecular flexibility index (Phi) is 4.26. The third-order valence-corrected chi connectivity index (χ3v) is 4.16. The molecule has 0 N–H and O–H groups in total. The second-order valence-electron chi connectivity index (χ2n) is 4.15. The maximum absolute atomic E-state index is 11.2. The van der Waals surface area contributed by atoms with Crippen molar-refractivity contribution in [1.82, 2.24) is 4.90 Å². The summed E-state index contributed by atoms with van der Waals surface area (Å²) in [6.07, 6.45) is 3.06. The van der Waals surface area contributed by atoms with E-state index >= 15 is 0 Å². The smallest absolute Gasteiger partial charge is 0.135 e. The fourth-order valence-electron chi connectivity index (χ4n) is 1.76. The van der Waals surface area contributed by atoms with Crippen LogP contribution in [0.1, 0.15) is 26.7 Å². The van der Waals surface area contributed by atoms with E-state index in [0.717, 1.165) is 13.1 Å². The van der Waals surface area contributed by atoms with Gasteiger partial charge in [-0.05, 0) is 13.8 Å². The van der Waals surface area contributed by atoms with Crippen LogP contribution in [0.5, 0.6) is 0 Å². The Hall–Kier alpha value is -0.220. The Morgan fingerprint density at radius 2 is 2.29 bits per heavy atom. The molecule has 0 spiro atoms. The number of carbonyl (C=O) groups is 1. The minimum absolute atomic E-state index is 0.200. The largest absolute Gasteiger partial charge is 0.300 e. The Morgan fingerprint density at radius 3 is 2.79 bits per heavy atom. The Bertz CT molecular complexity index is 242. The third kappa shape index (κ3) is 3.17. The van der Waals surface area contributed by atoms with Crippen LogP contribution in [0.15, 0.2) is 0 Å². The molecule has 1 aliphatic rings. The highest BCUT2D eigenvalue weighted by Crippen LogP contribution is 2.14. The second kappa shape index (κ2) is 5.03. The van der Waals surface area contributed by atoms with Crippen molar-refractivity contribution in [3.63, 3.8) is 0 Å². The molecule has 0 radical (unpaired) electrons. The highest BCUT2D eigenvalue weighted by atomic mass is 32.2. The first-order valence-corrected chi connectivity index (χ1v) is 6.70. The van der Waals surface area contributed by atoms with Crippen LogP contribution in [-0.2, 0) is 15.6 Å². The fourth-order valence-corrected chi connectivity index (χ4v) is 2.16. The third-order valence-electron chi connectivity index (χ3n) is 2.88. The van der Waals surface area contributed by atoms with E-state index in [9.17, 15) is 9.00 Å². The lowest BCUT2D eigenvalue weighted by atomic mass is 10.0. The van der Waals surface area contributed by atoms with Gasteiger partial charge in [0.05, 0.1) is 0 Å². The minimum Gasteiger partial charge on any atom is -0.300 e. The van der Waals surface area contributed by atoms with Crippen molar-refractivity contribution >= 4 is 16.6 Å². The normalized spacial score (nSPS) is 28.8. The van der Waals surface area contributed by atoms with Gasteiger partial charge < -0.3 is 0 Å². The number of Topliss-reactive ketones (excluding diaryl/α,β-unsaturated/α-hetero) is 1. The molecule has 3 nitrogen and oxygen atoms in total. The Labute approximate surface area is 88.3 Å². The summed E-state index contributed by atoms with van der Waals surface area (Å²) in [6, 6.07) is 0.322. The number of likely N-dealkylation sites (tertiary alicyclic amines) is 1. The molecule has 0 bridgehead atoms. The van der Waals surface area contributed by atoms with Crippen LogP contribution in [-0.4, -0.2) is 45.5 Å². The first-order chi connectivity index (χ1) is 6.50. The summed E-state index contributed by atoms with van der Waals surface area (Å²) in [6.45, 7) is 5.75. The predicted octanol–water partition coefficient (Wildman–Crippen LogP) is 0.807. The molecule has 0 aliphatic carbocycles. The van der Waals surface area contributed by atoms with Crippen LogP contribution in [0.2, 0.25) is 0 Å². The van der Waals surface area contributed by atoms with E-state index in [0.29, 0.717) is 24.7 Å². The minimum atomic E-state index is -0.762. The van der Waals surface area contributed by atoms with E-state index in [1.54, 1.807) is 6.26 Å². The van der Waals surface area contributed by atoms with Crippen LogP contribution >= 0.6 is 0 Å². The highest BCUT2D eigenvalue weighted by Gasteiger charge is 2.25. The highest BCUT2D eigenvalue weighted by molar-refractivity contribution is 7.84. The molecule has 0 aromatic rings. The zero-order valence-corrected chi connectivity index (χ0v) is 9.97. The molecular weight excluding hydrogens is 198 g/mol. The molecule has 82 valence electrons. The standard InChI is InChI=1S/C10H19NO2S/c1-8-6-10(12)4-5-11(8)7-9(2)14(3)13/h8-9H,4-7H2,1-3H3. The number of piperidine rings is 1. The van der Waals surface area contributed by atoms with Crippen LogP contribution in [0.3, 0.4) is 0 Å². The summed E-state index contributed by atoms with van der Waals surface area (Å²) in [7, 11) is -0.762. The zero-order chi connectivity index (χ0) is 10.7. The monoisotopic (exact) mass is 217 g/mol. The van der Waals surface area contributed by atoms with Gasteiger partial charge in [-0.2, -0.15) is 0 Å². The molecule has 0 aromatic carbocycles. The van der Waals surface area contributed by atoms with Crippen molar-refractivity contribution in [2.45, 2.75) is 38.0 Å². The average molecular weight is 217 g/mol. The molecule has 3 atom stereocenters. The van der Waals surface area contributed by atoms with Gasteiger partial charge >= 0.3 is 0 Å². The van der Waals surface area contributed by atoms with Gasteiger partial charge in [0.1, 0.15) is 5.78 Å². The number of rotatable bonds is 3. The number of carbonyl (C=O) groups excluding carboxylic acids is 1. The van der Waals surface area contributed by atoms with E-state index in [2.05, 4.69) is 11.8 Å². The number of nitrogens with zero attached hydrogens (tertiary/aromatic N) is 1. The summed E-state index contributed by atoms with van der Waals surface area (Å²) in [5.41, 5.74) is 0. The van der Waals surface area contributed by atoms with Crippen LogP contribution in [0.25, 0.3) is 0 Å². The van der Waals surface area contributed by atoms with Crippen molar-refractivity contribution < 1.29 is 9.00 Å². The zero-order valence-electron chi connectivity index (χ0n) is 9.16. The molecule has 0 aromatic heterocycles. The molecule has 0 amide bonds. The van der Waals surface area contributed by atoms with Crippen molar-refractivity contribution in [2.75, 3.05) is 19.3 Å². The van der Waals surface area contributed by atoms with Gasteiger partial charge in [0, 0.05) is 54.3 Å². The van der Waals surface area contributed by atoms with Crippen molar-refractivity contribution in [3.8, 4) is 0 Å². The molecule has 3 unspecified atom stereocenters. The van der Waals surface area contributed by atoms with E-state index in [-0.39, 0.29) is 5.25 Å². The van der Waals surface area contributed by atoms with E-state index < -0.39 is 10.8 Å². The number of hydrogen-bond donors (Lipinski definition) is 0. The lowest BCUT2D eigenvalue weighted by Crippen LogP contribution is -2.44. The van der Waals surface area contributed by atoms with Crippen molar-refractivity contribution in [2.24, 2.45) is 0 Å². The molecule has 4 heteroatoms. The molecule has 1 fully saturated rings. The summed E-state index contributed by atoms with van der Waals surface area (Å²) in [5.74, 6) is 0.360. The maximum Gasteiger partial charge on any atom is 0.135 e. The lowest BCUT2D eigenvalue weighted by molar-refractivity contribution is -0.122. The van der Waals surface area contributed by atoms with Crippen LogP contribution in [0, 0.1) is 0 Å². The lowest BCUT2D eigenvalue weighted by Gasteiger charge is -2.33. The number of ketones is 1.